The molecule has 0 heterocycles. The predicted molar refractivity (Wildman–Crippen MR) is 58.4 cm³/mol. The minimum absolute atomic E-state index is 0.0951. The van der Waals surface area contributed by atoms with E-state index < -0.39 is 6.10 Å². The van der Waals surface area contributed by atoms with Crippen molar-refractivity contribution in [3.05, 3.63) is 29.8 Å². The second kappa shape index (κ2) is 4.03. The number of aliphatic hydroxyl groups is 1. The minimum atomic E-state index is -0.497. The van der Waals surface area contributed by atoms with E-state index in [1.54, 1.807) is 6.92 Å². The lowest BCUT2D eigenvalue weighted by Crippen LogP contribution is -2.13. The number of anilines is 1. The third-order valence-corrected chi connectivity index (χ3v) is 2.58. The normalized spacial score (nSPS) is 17.2. The van der Waals surface area contributed by atoms with Gasteiger partial charge in [-0.1, -0.05) is 12.1 Å². The largest absolute Gasteiger partial charge is 0.389 e. The van der Waals surface area contributed by atoms with Crippen molar-refractivity contribution in [3.63, 3.8) is 0 Å². The molecule has 1 aliphatic rings. The molecule has 0 saturated heterocycles. The van der Waals surface area contributed by atoms with Gasteiger partial charge in [0.05, 0.1) is 6.10 Å². The first-order valence-electron chi connectivity index (χ1n) is 5.25. The van der Waals surface area contributed by atoms with Crippen molar-refractivity contribution < 1.29 is 9.90 Å². The number of amides is 1. The molecule has 1 fully saturated rings. The fourth-order valence-electron chi connectivity index (χ4n) is 1.47. The molecule has 1 amide bonds. The van der Waals surface area contributed by atoms with Crippen molar-refractivity contribution in [2.75, 3.05) is 5.32 Å². The average Bonchev–Trinajstić information content (AvgIpc) is 3.01. The van der Waals surface area contributed by atoms with E-state index in [0.717, 1.165) is 24.1 Å². The van der Waals surface area contributed by atoms with Crippen molar-refractivity contribution in [2.24, 2.45) is 5.92 Å². The van der Waals surface area contributed by atoms with Crippen LogP contribution in [0.5, 0.6) is 0 Å². The summed E-state index contributed by atoms with van der Waals surface area (Å²) in [6, 6.07) is 7.33. The van der Waals surface area contributed by atoms with E-state index in [0.29, 0.717) is 0 Å². The summed E-state index contributed by atoms with van der Waals surface area (Å²) in [5.41, 5.74) is 1.59. The molecular formula is C12H15NO2. The highest BCUT2D eigenvalue weighted by molar-refractivity contribution is 5.94. The SMILES string of the molecule is C[C@H](O)c1cccc(NC(=O)C2CC2)c1. The lowest BCUT2D eigenvalue weighted by Gasteiger charge is -2.08. The third-order valence-electron chi connectivity index (χ3n) is 2.58. The first kappa shape index (κ1) is 10.2. The summed E-state index contributed by atoms with van der Waals surface area (Å²) in [7, 11) is 0. The van der Waals surface area contributed by atoms with Gasteiger partial charge in [0, 0.05) is 11.6 Å². The Morgan fingerprint density at radius 1 is 1.53 bits per heavy atom. The van der Waals surface area contributed by atoms with Crippen molar-refractivity contribution in [1.29, 1.82) is 0 Å². The molecule has 1 aromatic rings. The van der Waals surface area contributed by atoms with Gasteiger partial charge in [0.15, 0.2) is 0 Å². The molecule has 15 heavy (non-hydrogen) atoms. The molecular weight excluding hydrogens is 190 g/mol. The lowest BCUT2D eigenvalue weighted by molar-refractivity contribution is -0.117. The van der Waals surface area contributed by atoms with E-state index in [9.17, 15) is 9.90 Å². The van der Waals surface area contributed by atoms with Crippen LogP contribution in [0.2, 0.25) is 0 Å². The number of aliphatic hydroxyl groups excluding tert-OH is 1. The second-order valence-corrected chi connectivity index (χ2v) is 4.06. The van der Waals surface area contributed by atoms with Crippen LogP contribution < -0.4 is 5.32 Å². The zero-order valence-corrected chi connectivity index (χ0v) is 8.73. The number of nitrogens with one attached hydrogen (secondary N) is 1. The van der Waals surface area contributed by atoms with E-state index in [2.05, 4.69) is 5.32 Å². The molecule has 3 heteroatoms. The van der Waals surface area contributed by atoms with Gasteiger partial charge in [-0.25, -0.2) is 0 Å². The Balaban J connectivity index is 2.07. The van der Waals surface area contributed by atoms with Gasteiger partial charge in [-0.2, -0.15) is 0 Å². The summed E-state index contributed by atoms with van der Waals surface area (Å²) in [5.74, 6) is 0.304. The highest BCUT2D eigenvalue weighted by Gasteiger charge is 2.29. The molecule has 2 rings (SSSR count). The van der Waals surface area contributed by atoms with Gasteiger partial charge < -0.3 is 10.4 Å². The van der Waals surface area contributed by atoms with E-state index in [1.165, 1.54) is 0 Å². The molecule has 1 aromatic carbocycles. The Kier molecular flexibility index (Phi) is 2.73. The van der Waals surface area contributed by atoms with Gasteiger partial charge in [0.25, 0.3) is 0 Å². The van der Waals surface area contributed by atoms with Crippen LogP contribution in [-0.2, 0) is 4.79 Å². The number of carbonyl (C=O) groups excluding carboxylic acids is 1. The van der Waals surface area contributed by atoms with Crippen molar-refractivity contribution in [3.8, 4) is 0 Å². The molecule has 0 aromatic heterocycles. The molecule has 2 N–H and O–H groups in total. The number of rotatable bonds is 3. The Bertz CT molecular complexity index is 370. The van der Waals surface area contributed by atoms with Gasteiger partial charge in [0.2, 0.25) is 5.91 Å². The first-order valence-corrected chi connectivity index (χ1v) is 5.25. The van der Waals surface area contributed by atoms with E-state index in [1.807, 2.05) is 24.3 Å². The summed E-state index contributed by atoms with van der Waals surface area (Å²) in [4.78, 5) is 11.5. The van der Waals surface area contributed by atoms with Gasteiger partial charge >= 0.3 is 0 Å². The number of carbonyl (C=O) groups is 1. The Labute approximate surface area is 89.1 Å². The third kappa shape index (κ3) is 2.57. The smallest absolute Gasteiger partial charge is 0.227 e. The fraction of sp³-hybridized carbons (Fsp3) is 0.417. The minimum Gasteiger partial charge on any atom is -0.389 e. The van der Waals surface area contributed by atoms with E-state index in [4.69, 9.17) is 0 Å². The topological polar surface area (TPSA) is 49.3 Å². The summed E-state index contributed by atoms with van der Waals surface area (Å²) in [5, 5.41) is 12.2. The molecule has 1 atom stereocenters. The van der Waals surface area contributed by atoms with Gasteiger partial charge in [-0.15, -0.1) is 0 Å². The molecule has 3 nitrogen and oxygen atoms in total. The zero-order chi connectivity index (χ0) is 10.8. The van der Waals surface area contributed by atoms with Crippen LogP contribution in [0.4, 0.5) is 5.69 Å². The average molecular weight is 205 g/mol. The molecule has 1 saturated carbocycles. The maximum absolute atomic E-state index is 11.5. The summed E-state index contributed by atoms with van der Waals surface area (Å²) >= 11 is 0. The van der Waals surface area contributed by atoms with E-state index in [-0.39, 0.29) is 11.8 Å². The number of hydrogen-bond donors (Lipinski definition) is 2. The van der Waals surface area contributed by atoms with Crippen LogP contribution in [0.1, 0.15) is 31.4 Å². The molecule has 0 unspecified atom stereocenters. The molecule has 0 aliphatic heterocycles. The number of benzene rings is 1. The predicted octanol–water partition coefficient (Wildman–Crippen LogP) is 2.09. The van der Waals surface area contributed by atoms with Crippen LogP contribution in [0.15, 0.2) is 24.3 Å². The highest BCUT2D eigenvalue weighted by atomic mass is 16.3. The maximum Gasteiger partial charge on any atom is 0.227 e. The van der Waals surface area contributed by atoms with Gasteiger partial charge in [0.1, 0.15) is 0 Å². The second-order valence-electron chi connectivity index (χ2n) is 4.06. The number of hydrogen-bond acceptors (Lipinski definition) is 2. The summed E-state index contributed by atoms with van der Waals surface area (Å²) < 4.78 is 0. The molecule has 80 valence electrons. The Morgan fingerprint density at radius 3 is 2.87 bits per heavy atom. The quantitative estimate of drug-likeness (QED) is 0.793. The molecule has 0 bridgehead atoms. The van der Waals surface area contributed by atoms with Crippen LogP contribution in [0, 0.1) is 5.92 Å². The summed E-state index contributed by atoms with van der Waals surface area (Å²) in [6.07, 6.45) is 1.51. The molecule has 1 aliphatic carbocycles. The highest BCUT2D eigenvalue weighted by Crippen LogP contribution is 2.30. The standard InChI is InChI=1S/C12H15NO2/c1-8(14)10-3-2-4-11(7-10)13-12(15)9-5-6-9/h2-4,7-9,14H,5-6H2,1H3,(H,13,15)/t8-/m0/s1. The maximum atomic E-state index is 11.5. The van der Waals surface area contributed by atoms with E-state index >= 15 is 0 Å². The first-order chi connectivity index (χ1) is 7.16. The molecule has 0 spiro atoms. The Hall–Kier alpha value is -1.35. The van der Waals surface area contributed by atoms with Crippen molar-refractivity contribution in [2.45, 2.75) is 25.9 Å². The fourth-order valence-corrected chi connectivity index (χ4v) is 1.47. The molecule has 0 radical (unpaired) electrons. The summed E-state index contributed by atoms with van der Waals surface area (Å²) in [6.45, 7) is 1.71. The van der Waals surface area contributed by atoms with Crippen LogP contribution in [-0.4, -0.2) is 11.0 Å². The van der Waals surface area contributed by atoms with Crippen LogP contribution in [0.25, 0.3) is 0 Å². The van der Waals surface area contributed by atoms with Crippen molar-refractivity contribution in [1.82, 2.24) is 0 Å². The monoisotopic (exact) mass is 205 g/mol. The van der Waals surface area contributed by atoms with Crippen LogP contribution in [0.3, 0.4) is 0 Å². The van der Waals surface area contributed by atoms with Crippen LogP contribution >= 0.6 is 0 Å². The Morgan fingerprint density at radius 2 is 2.27 bits per heavy atom. The lowest BCUT2D eigenvalue weighted by atomic mass is 10.1. The zero-order valence-electron chi connectivity index (χ0n) is 8.73. The van der Waals surface area contributed by atoms with Crippen molar-refractivity contribution >= 4 is 11.6 Å². The van der Waals surface area contributed by atoms with Gasteiger partial charge in [-0.3, -0.25) is 4.79 Å². The van der Waals surface area contributed by atoms with Gasteiger partial charge in [-0.05, 0) is 37.5 Å².